The smallest absolute Gasteiger partial charge is 0.315 e. The van der Waals surface area contributed by atoms with Crippen LogP contribution >= 0.6 is 23.1 Å². The number of fused-ring (bicyclic) bond motifs is 1. The van der Waals surface area contributed by atoms with Crippen LogP contribution in [0.25, 0.3) is 0 Å². The van der Waals surface area contributed by atoms with Gasteiger partial charge in [-0.25, -0.2) is 4.79 Å². The van der Waals surface area contributed by atoms with Crippen LogP contribution in [0.3, 0.4) is 0 Å². The molecular weight excluding hydrogens is 392 g/mol. The zero-order valence-electron chi connectivity index (χ0n) is 16.8. The molecule has 3 N–H and O–H groups in total. The van der Waals surface area contributed by atoms with Crippen molar-refractivity contribution in [2.75, 3.05) is 25.4 Å². The van der Waals surface area contributed by atoms with E-state index in [0.29, 0.717) is 18.2 Å². The monoisotopic (exact) mass is 424 g/mol. The molecule has 2 saturated heterocycles. The molecule has 8 heteroatoms. The van der Waals surface area contributed by atoms with Gasteiger partial charge in [0.15, 0.2) is 0 Å². The predicted octanol–water partition coefficient (Wildman–Crippen LogP) is 2.97. The maximum Gasteiger partial charge on any atom is 0.315 e. The Labute approximate surface area is 176 Å². The lowest BCUT2D eigenvalue weighted by Gasteiger charge is -2.29. The third-order valence-electron chi connectivity index (χ3n) is 5.75. The van der Waals surface area contributed by atoms with E-state index in [4.69, 9.17) is 0 Å². The van der Waals surface area contributed by atoms with E-state index in [-0.39, 0.29) is 30.1 Å². The van der Waals surface area contributed by atoms with Gasteiger partial charge < -0.3 is 16.0 Å². The van der Waals surface area contributed by atoms with Crippen molar-refractivity contribution in [2.24, 2.45) is 0 Å². The Morgan fingerprint density at radius 1 is 1.32 bits per heavy atom. The Morgan fingerprint density at radius 3 is 2.86 bits per heavy atom. The van der Waals surface area contributed by atoms with Gasteiger partial charge in [0, 0.05) is 24.0 Å². The van der Waals surface area contributed by atoms with Gasteiger partial charge in [0.1, 0.15) is 0 Å². The van der Waals surface area contributed by atoms with E-state index in [1.807, 2.05) is 11.8 Å². The molecule has 0 radical (unpaired) electrons. The lowest BCUT2D eigenvalue weighted by Crippen LogP contribution is -2.38. The van der Waals surface area contributed by atoms with Crippen molar-refractivity contribution in [3.8, 4) is 0 Å². The predicted molar refractivity (Wildman–Crippen MR) is 117 cm³/mol. The van der Waals surface area contributed by atoms with E-state index in [0.717, 1.165) is 38.1 Å². The van der Waals surface area contributed by atoms with Crippen LogP contribution in [0.1, 0.15) is 51.1 Å². The minimum atomic E-state index is -0.0342. The number of rotatable bonds is 11. The number of nitrogens with zero attached hydrogens (tertiary/aromatic N) is 1. The highest BCUT2D eigenvalue weighted by molar-refractivity contribution is 8.00. The van der Waals surface area contributed by atoms with Crippen LogP contribution in [0.2, 0.25) is 0 Å². The Morgan fingerprint density at radius 2 is 2.14 bits per heavy atom. The average Bonchev–Trinajstić information content (AvgIpc) is 3.40. The fourth-order valence-electron chi connectivity index (χ4n) is 4.16. The quantitative estimate of drug-likeness (QED) is 0.377. The number of nitrogens with one attached hydrogen (secondary N) is 3. The van der Waals surface area contributed by atoms with Crippen LogP contribution in [-0.2, 0) is 4.79 Å². The van der Waals surface area contributed by atoms with Crippen LogP contribution < -0.4 is 16.0 Å². The Kier molecular flexibility index (Phi) is 8.05. The first-order valence-electron chi connectivity index (χ1n) is 10.3. The lowest BCUT2D eigenvalue weighted by molar-refractivity contribution is -0.121. The minimum absolute atomic E-state index is 0.0342. The number of carbonyl (C=O) groups excluding carboxylic acids is 2. The molecule has 156 valence electrons. The molecule has 0 aliphatic carbocycles. The third-order valence-corrected chi connectivity index (χ3v) is 7.96. The molecule has 1 aromatic rings. The number of hydrogen-bond acceptors (Lipinski definition) is 5. The standard InChI is InChI=1S/C20H32N4O2S2/c1-3-24(4-2)16(14-9-10-27-12-14)11-21-18(25)8-6-5-7-17-19-15(13-28-17)22-20(26)23-19/h9-10,12,15-17,19H,3-8,11,13H2,1-2H3,(H,21,25)(H2,22,23,26)/t15-,16+,17-,19-/m0/s1. The average molecular weight is 425 g/mol. The van der Waals surface area contributed by atoms with Crippen molar-refractivity contribution in [1.82, 2.24) is 20.9 Å². The minimum Gasteiger partial charge on any atom is -0.354 e. The van der Waals surface area contributed by atoms with Crippen LogP contribution in [0, 0.1) is 0 Å². The lowest BCUT2D eigenvalue weighted by atomic mass is 10.0. The number of unbranched alkanes of at least 4 members (excludes halogenated alkanes) is 1. The second kappa shape index (κ2) is 10.5. The first kappa shape index (κ1) is 21.5. The summed E-state index contributed by atoms with van der Waals surface area (Å²) in [4.78, 5) is 26.2. The summed E-state index contributed by atoms with van der Waals surface area (Å²) in [5, 5.41) is 13.9. The highest BCUT2D eigenvalue weighted by Crippen LogP contribution is 2.33. The molecule has 3 amide bonds. The van der Waals surface area contributed by atoms with E-state index in [1.165, 1.54) is 5.56 Å². The third kappa shape index (κ3) is 5.42. The zero-order chi connectivity index (χ0) is 19.9. The largest absolute Gasteiger partial charge is 0.354 e. The van der Waals surface area contributed by atoms with Gasteiger partial charge in [-0.3, -0.25) is 9.69 Å². The molecule has 6 nitrogen and oxygen atoms in total. The number of urea groups is 1. The first-order valence-corrected chi connectivity index (χ1v) is 12.3. The van der Waals surface area contributed by atoms with Crippen molar-refractivity contribution < 1.29 is 9.59 Å². The molecule has 2 fully saturated rings. The summed E-state index contributed by atoms with van der Waals surface area (Å²) in [5.74, 6) is 1.13. The van der Waals surface area contributed by atoms with Gasteiger partial charge in [-0.15, -0.1) is 0 Å². The van der Waals surface area contributed by atoms with Crippen molar-refractivity contribution in [1.29, 1.82) is 0 Å². The first-order chi connectivity index (χ1) is 13.6. The highest BCUT2D eigenvalue weighted by atomic mass is 32.2. The van der Waals surface area contributed by atoms with Gasteiger partial charge in [0.25, 0.3) is 0 Å². The van der Waals surface area contributed by atoms with Gasteiger partial charge in [-0.1, -0.05) is 20.3 Å². The van der Waals surface area contributed by atoms with Gasteiger partial charge in [0.2, 0.25) is 5.91 Å². The second-order valence-electron chi connectivity index (χ2n) is 7.47. The van der Waals surface area contributed by atoms with Crippen LogP contribution in [0.5, 0.6) is 0 Å². The number of amides is 3. The van der Waals surface area contributed by atoms with Crippen molar-refractivity contribution >= 4 is 35.0 Å². The molecule has 4 atom stereocenters. The van der Waals surface area contributed by atoms with Gasteiger partial charge in [-0.2, -0.15) is 23.1 Å². The molecule has 0 bridgehead atoms. The summed E-state index contributed by atoms with van der Waals surface area (Å²) < 4.78 is 0. The number of thiophene rings is 1. The van der Waals surface area contributed by atoms with Crippen LogP contribution in [0.4, 0.5) is 4.79 Å². The molecule has 0 unspecified atom stereocenters. The molecule has 3 heterocycles. The normalized spacial score (nSPS) is 24.7. The topological polar surface area (TPSA) is 73.5 Å². The maximum absolute atomic E-state index is 12.3. The van der Waals surface area contributed by atoms with E-state index in [1.54, 1.807) is 11.3 Å². The summed E-state index contributed by atoms with van der Waals surface area (Å²) in [6.07, 6.45) is 3.55. The zero-order valence-corrected chi connectivity index (χ0v) is 18.4. The number of likely N-dealkylation sites (N-methyl/N-ethyl adjacent to an activating group) is 1. The summed E-state index contributed by atoms with van der Waals surface area (Å²) in [6.45, 7) is 6.94. The van der Waals surface area contributed by atoms with E-state index >= 15 is 0 Å². The van der Waals surface area contributed by atoms with E-state index in [2.05, 4.69) is 51.5 Å². The molecule has 0 aromatic carbocycles. The van der Waals surface area contributed by atoms with Crippen molar-refractivity contribution in [3.63, 3.8) is 0 Å². The summed E-state index contributed by atoms with van der Waals surface area (Å²) in [6, 6.07) is 2.90. The molecular formula is C20H32N4O2S2. The Bertz CT molecular complexity index is 636. The summed E-state index contributed by atoms with van der Waals surface area (Å²) >= 11 is 3.64. The van der Waals surface area contributed by atoms with Crippen LogP contribution in [-0.4, -0.2) is 59.6 Å². The van der Waals surface area contributed by atoms with Crippen molar-refractivity contribution in [3.05, 3.63) is 22.4 Å². The Balaban J connectivity index is 1.36. The van der Waals surface area contributed by atoms with E-state index in [9.17, 15) is 9.59 Å². The number of hydrogen-bond donors (Lipinski definition) is 3. The fourth-order valence-corrected chi connectivity index (χ4v) is 6.41. The second-order valence-corrected chi connectivity index (χ2v) is 9.52. The molecule has 1 aromatic heterocycles. The molecule has 0 spiro atoms. The van der Waals surface area contributed by atoms with Gasteiger partial charge in [-0.05, 0) is 48.3 Å². The number of carbonyl (C=O) groups is 2. The molecule has 3 rings (SSSR count). The molecule has 28 heavy (non-hydrogen) atoms. The summed E-state index contributed by atoms with van der Waals surface area (Å²) in [5.41, 5.74) is 1.29. The maximum atomic E-state index is 12.3. The van der Waals surface area contributed by atoms with E-state index < -0.39 is 0 Å². The molecule has 0 saturated carbocycles. The number of thioether (sulfide) groups is 1. The Hall–Kier alpha value is -1.25. The van der Waals surface area contributed by atoms with Gasteiger partial charge >= 0.3 is 6.03 Å². The summed E-state index contributed by atoms with van der Waals surface area (Å²) in [7, 11) is 0. The van der Waals surface area contributed by atoms with Crippen molar-refractivity contribution in [2.45, 2.75) is 62.9 Å². The highest BCUT2D eigenvalue weighted by Gasteiger charge is 2.42. The molecule has 2 aliphatic heterocycles. The fraction of sp³-hybridized carbons (Fsp3) is 0.700. The SMILES string of the molecule is CCN(CC)[C@H](CNC(=O)CCCC[C@@H]1SC[C@@H]2NC(=O)N[C@@H]21)c1ccsc1. The van der Waals surface area contributed by atoms with Crippen LogP contribution in [0.15, 0.2) is 16.8 Å². The molecule has 2 aliphatic rings. The van der Waals surface area contributed by atoms with Gasteiger partial charge in [0.05, 0.1) is 18.1 Å².